The third kappa shape index (κ3) is 3.94. The van der Waals surface area contributed by atoms with Gasteiger partial charge in [-0.25, -0.2) is 4.79 Å². The van der Waals surface area contributed by atoms with Gasteiger partial charge in [-0.1, -0.05) is 13.3 Å². The number of alkyl carbamates (subject to hydrolysis) is 1. The predicted molar refractivity (Wildman–Crippen MR) is 61.6 cm³/mol. The van der Waals surface area contributed by atoms with Crippen LogP contribution >= 0.6 is 0 Å². The van der Waals surface area contributed by atoms with Gasteiger partial charge in [0.25, 0.3) is 0 Å². The minimum atomic E-state index is -5.68. The van der Waals surface area contributed by atoms with Crippen molar-refractivity contribution in [3.8, 4) is 0 Å². The monoisotopic (exact) mass is 321 g/mol. The third-order valence-corrected chi connectivity index (χ3v) is 3.78. The molecule has 0 aromatic heterocycles. The molecule has 1 fully saturated rings. The lowest BCUT2D eigenvalue weighted by Gasteiger charge is -2.35. The van der Waals surface area contributed by atoms with E-state index in [1.165, 1.54) is 0 Å². The summed E-state index contributed by atoms with van der Waals surface area (Å²) < 4.78 is 80.5. The summed E-state index contributed by atoms with van der Waals surface area (Å²) in [5.41, 5.74) is -4.34. The van der Waals surface area contributed by atoms with Crippen molar-refractivity contribution in [2.24, 2.45) is 5.92 Å². The van der Waals surface area contributed by atoms with Crippen LogP contribution in [0, 0.1) is 5.92 Å². The Balaban J connectivity index is 2.78. The van der Waals surface area contributed by atoms with Crippen LogP contribution in [-0.4, -0.2) is 30.1 Å². The molecule has 124 valence electrons. The van der Waals surface area contributed by atoms with E-state index in [9.17, 15) is 31.1 Å². The number of nitrogens with one attached hydrogen (secondary N) is 1. The quantitative estimate of drug-likeness (QED) is 0.775. The molecule has 1 aliphatic rings. The summed E-state index contributed by atoms with van der Waals surface area (Å²) in [6.07, 6.45) is -11.0. The molecule has 0 unspecified atom stereocenters. The van der Waals surface area contributed by atoms with Gasteiger partial charge in [0.1, 0.15) is 6.10 Å². The number of amides is 1. The Bertz CT molecular complexity index is 365. The summed E-state index contributed by atoms with van der Waals surface area (Å²) in [6, 6.07) is 0. The van der Waals surface area contributed by atoms with Gasteiger partial charge in [0.05, 0.1) is 0 Å². The van der Waals surface area contributed by atoms with Crippen molar-refractivity contribution in [2.45, 2.75) is 63.5 Å². The molecule has 21 heavy (non-hydrogen) atoms. The maximum Gasteiger partial charge on any atom is 0.420 e. The average molecular weight is 321 g/mol. The first-order valence-electron chi connectivity index (χ1n) is 6.51. The van der Waals surface area contributed by atoms with E-state index in [1.54, 1.807) is 6.92 Å². The second kappa shape index (κ2) is 5.92. The van der Waals surface area contributed by atoms with E-state index in [0.717, 1.165) is 18.2 Å². The van der Waals surface area contributed by atoms with E-state index in [-0.39, 0.29) is 12.8 Å². The Morgan fingerprint density at radius 1 is 1.05 bits per heavy atom. The van der Waals surface area contributed by atoms with E-state index < -0.39 is 30.1 Å². The summed E-state index contributed by atoms with van der Waals surface area (Å²) in [6.45, 7) is 1.61. The van der Waals surface area contributed by atoms with Crippen LogP contribution in [0.25, 0.3) is 0 Å². The van der Waals surface area contributed by atoms with Gasteiger partial charge in [-0.3, -0.25) is 5.32 Å². The van der Waals surface area contributed by atoms with E-state index in [2.05, 4.69) is 0 Å². The first-order chi connectivity index (χ1) is 9.38. The molecule has 0 radical (unpaired) electrons. The third-order valence-electron chi connectivity index (χ3n) is 3.78. The number of carbonyl (C=O) groups excluding carboxylic acids is 1. The van der Waals surface area contributed by atoms with Crippen molar-refractivity contribution in [1.29, 1.82) is 0 Å². The molecule has 0 aromatic carbocycles. The molecule has 3 nitrogen and oxygen atoms in total. The molecule has 2 atom stereocenters. The lowest BCUT2D eigenvalue weighted by atomic mass is 9.88. The van der Waals surface area contributed by atoms with Crippen LogP contribution in [0.4, 0.5) is 31.1 Å². The smallest absolute Gasteiger partial charge is 0.420 e. The fourth-order valence-electron chi connectivity index (χ4n) is 2.13. The average Bonchev–Trinajstić information content (AvgIpc) is 2.29. The van der Waals surface area contributed by atoms with Gasteiger partial charge in [0, 0.05) is 0 Å². The van der Waals surface area contributed by atoms with Crippen molar-refractivity contribution < 1.29 is 35.9 Å². The number of hydrogen-bond acceptors (Lipinski definition) is 2. The van der Waals surface area contributed by atoms with Gasteiger partial charge in [-0.2, -0.15) is 26.3 Å². The molecular formula is C12H17F6NO2. The minimum Gasteiger partial charge on any atom is -0.446 e. The number of rotatable bonds is 2. The first-order valence-corrected chi connectivity index (χ1v) is 6.51. The van der Waals surface area contributed by atoms with E-state index in [1.807, 2.05) is 0 Å². The molecule has 0 bridgehead atoms. The van der Waals surface area contributed by atoms with Crippen LogP contribution in [0.2, 0.25) is 0 Å². The Kier molecular flexibility index (Phi) is 5.05. The SMILES string of the molecule is C[C@H]1CCCC[C@H]1OC(=O)NC(C)(C(F)(F)F)C(F)(F)F. The number of halogens is 6. The lowest BCUT2D eigenvalue weighted by Crippen LogP contribution is -2.65. The lowest BCUT2D eigenvalue weighted by molar-refractivity contribution is -0.299. The Hall–Kier alpha value is -1.15. The maximum atomic E-state index is 12.6. The van der Waals surface area contributed by atoms with E-state index in [0.29, 0.717) is 12.8 Å². The van der Waals surface area contributed by atoms with Crippen molar-refractivity contribution in [2.75, 3.05) is 0 Å². The van der Waals surface area contributed by atoms with Crippen LogP contribution in [0.1, 0.15) is 39.5 Å². The zero-order chi connectivity index (χ0) is 16.5. The fourth-order valence-corrected chi connectivity index (χ4v) is 2.13. The molecule has 0 aromatic rings. The molecule has 0 spiro atoms. The molecular weight excluding hydrogens is 304 g/mol. The van der Waals surface area contributed by atoms with E-state index >= 15 is 0 Å². The summed E-state index contributed by atoms with van der Waals surface area (Å²) in [7, 11) is 0. The van der Waals surface area contributed by atoms with Gasteiger partial charge in [0.15, 0.2) is 0 Å². The van der Waals surface area contributed by atoms with Crippen LogP contribution in [0.15, 0.2) is 0 Å². The number of hydrogen-bond donors (Lipinski definition) is 1. The zero-order valence-electron chi connectivity index (χ0n) is 11.6. The maximum absolute atomic E-state index is 12.6. The van der Waals surface area contributed by atoms with Gasteiger partial charge in [-0.05, 0) is 32.1 Å². The molecule has 0 heterocycles. The van der Waals surface area contributed by atoms with Gasteiger partial charge >= 0.3 is 18.4 Å². The largest absolute Gasteiger partial charge is 0.446 e. The molecule has 1 amide bonds. The zero-order valence-corrected chi connectivity index (χ0v) is 11.6. The van der Waals surface area contributed by atoms with Crippen molar-refractivity contribution >= 4 is 6.09 Å². The fraction of sp³-hybridized carbons (Fsp3) is 0.917. The highest BCUT2D eigenvalue weighted by Crippen LogP contribution is 2.42. The van der Waals surface area contributed by atoms with Gasteiger partial charge in [-0.15, -0.1) is 0 Å². The number of alkyl halides is 6. The van der Waals surface area contributed by atoms with Crippen molar-refractivity contribution in [1.82, 2.24) is 5.32 Å². The standard InChI is InChI=1S/C12H17F6NO2/c1-7-5-3-4-6-8(7)21-9(20)19-10(2,11(13,14)15)12(16,17)18/h7-8H,3-6H2,1-2H3,(H,19,20)/t7-,8+/m0/s1. The molecule has 1 saturated carbocycles. The van der Waals surface area contributed by atoms with Gasteiger partial charge in [0.2, 0.25) is 5.54 Å². The van der Waals surface area contributed by atoms with Crippen molar-refractivity contribution in [3.63, 3.8) is 0 Å². The van der Waals surface area contributed by atoms with Gasteiger partial charge < -0.3 is 4.74 Å². The second-order valence-electron chi connectivity index (χ2n) is 5.45. The molecule has 0 saturated heterocycles. The molecule has 1 N–H and O–H groups in total. The Labute approximate surface area is 118 Å². The molecule has 1 aliphatic carbocycles. The Morgan fingerprint density at radius 3 is 1.95 bits per heavy atom. The van der Waals surface area contributed by atoms with Crippen LogP contribution in [-0.2, 0) is 4.74 Å². The Morgan fingerprint density at radius 2 is 1.52 bits per heavy atom. The van der Waals surface area contributed by atoms with Crippen LogP contribution in [0.3, 0.4) is 0 Å². The topological polar surface area (TPSA) is 38.3 Å². The van der Waals surface area contributed by atoms with Crippen molar-refractivity contribution in [3.05, 3.63) is 0 Å². The highest BCUT2D eigenvalue weighted by Gasteiger charge is 2.69. The van der Waals surface area contributed by atoms with E-state index in [4.69, 9.17) is 4.74 Å². The summed E-state index contributed by atoms with van der Waals surface area (Å²) in [5.74, 6) is -0.0903. The highest BCUT2D eigenvalue weighted by molar-refractivity contribution is 5.69. The minimum absolute atomic E-state index is 0.0903. The molecule has 1 rings (SSSR count). The summed E-state index contributed by atoms with van der Waals surface area (Å²) >= 11 is 0. The van der Waals surface area contributed by atoms with Crippen LogP contribution in [0.5, 0.6) is 0 Å². The highest BCUT2D eigenvalue weighted by atomic mass is 19.4. The molecule has 0 aliphatic heterocycles. The predicted octanol–water partition coefficient (Wildman–Crippen LogP) is 4.17. The second-order valence-corrected chi connectivity index (χ2v) is 5.45. The van der Waals surface area contributed by atoms with Crippen LogP contribution < -0.4 is 5.32 Å². The first kappa shape index (κ1) is 17.9. The normalized spacial score (nSPS) is 24.6. The summed E-state index contributed by atoms with van der Waals surface area (Å²) in [5, 5.41) is 0.930. The number of carbonyl (C=O) groups is 1. The molecule has 9 heteroatoms. The summed E-state index contributed by atoms with van der Waals surface area (Å²) in [4.78, 5) is 11.4. The number of ether oxygens (including phenoxy) is 1.